The van der Waals surface area contributed by atoms with Gasteiger partial charge in [-0.3, -0.25) is 0 Å². The zero-order valence-electron chi connectivity index (χ0n) is 3.93. The maximum Gasteiger partial charge on any atom is 0.487 e. The molecule has 0 aromatic carbocycles. The topological polar surface area (TPSA) is 0 Å². The van der Waals surface area contributed by atoms with Crippen molar-refractivity contribution in [3.8, 4) is 0 Å². The zero-order chi connectivity index (χ0) is 3.58. The van der Waals surface area contributed by atoms with Gasteiger partial charge in [0.1, 0.15) is 0 Å². The number of halogens is 8. The first kappa shape index (κ1) is 86.2. The Morgan fingerprint density at radius 1 is 0.600 bits per heavy atom. The van der Waals surface area contributed by atoms with E-state index < -0.39 is 6.68 Å². The molecule has 0 fully saturated rings. The summed E-state index contributed by atoms with van der Waals surface area (Å²) < 4.78 is 28.8. The Morgan fingerprint density at radius 2 is 0.600 bits per heavy atom. The molecule has 0 heterocycles. The van der Waals surface area contributed by atoms with E-state index in [1.54, 1.807) is 0 Å². The predicted molar refractivity (Wildman–Crippen MR) is 6.57 cm³/mol. The van der Waals surface area contributed by atoms with Crippen LogP contribution < -0.4 is 23.5 Å². The van der Waals surface area contributed by atoms with Gasteiger partial charge in [-0.05, 0) is 0 Å². The van der Waals surface area contributed by atoms with Gasteiger partial charge in [0.2, 0.25) is 0 Å². The summed E-state index contributed by atoms with van der Waals surface area (Å²) in [4.78, 5) is 0. The zero-order valence-corrected chi connectivity index (χ0v) is 6.87. The molecule has 1 radical (unpaired) electrons. The van der Waals surface area contributed by atoms with Gasteiger partial charge in [-0.15, -0.1) is 0 Å². The molecule has 0 bridgehead atoms. The van der Waals surface area contributed by atoms with Crippen LogP contribution in [0, 0.1) is 6.68 Å². The van der Waals surface area contributed by atoms with Crippen LogP contribution in [0.2, 0.25) is 0 Å². The second kappa shape index (κ2) is 61.6. The van der Waals surface area contributed by atoms with Gasteiger partial charge < -0.3 is 23.5 Å². The molecule has 0 spiro atoms. The summed E-state index contributed by atoms with van der Waals surface area (Å²) in [5.74, 6) is 0. The fourth-order valence-corrected chi connectivity index (χ4v) is 0. The van der Waals surface area contributed by atoms with Crippen molar-refractivity contribution in [2.45, 2.75) is 0 Å². The summed E-state index contributed by atoms with van der Waals surface area (Å²) in [5, 5.41) is 0. The van der Waals surface area contributed by atoms with Crippen LogP contribution in [-0.2, 0) is 21.1 Å². The average Bonchev–Trinajstić information content (AvgIpc) is 0.811. The number of hydrogen-bond donors (Lipinski definition) is 0. The van der Waals surface area contributed by atoms with Gasteiger partial charge in [-0.2, -0.15) is 13.2 Å². The fourth-order valence-electron chi connectivity index (χ4n) is 0. The number of hydrogen-bond acceptors (Lipinski definition) is 0. The Labute approximate surface area is 65.3 Å². The van der Waals surface area contributed by atoms with Crippen molar-refractivity contribution in [1.29, 1.82) is 0 Å². The normalized spacial score (nSPS) is 3.60. The standard InChI is InChI=1S/CF3.5FH.W/c2-1(3)4;;;;;;/h;5*1H;/p-5. The Hall–Kier alpha value is 0.128. The van der Waals surface area contributed by atoms with Gasteiger partial charge in [-0.1, -0.05) is 0 Å². The van der Waals surface area contributed by atoms with E-state index >= 15 is 0 Å². The molecule has 0 N–H and O–H groups in total. The molecule has 9 heteroatoms. The molecular formula is CF8W-5. The van der Waals surface area contributed by atoms with Gasteiger partial charge in [0, 0.05) is 21.1 Å². The van der Waals surface area contributed by atoms with Crippen LogP contribution in [0.3, 0.4) is 0 Å². The minimum Gasteiger partial charge on any atom is -1.00 e. The van der Waals surface area contributed by atoms with Crippen molar-refractivity contribution in [1.82, 2.24) is 0 Å². The minimum atomic E-state index is -3.08. The van der Waals surface area contributed by atoms with Crippen LogP contribution in [0.4, 0.5) is 13.2 Å². The molecule has 0 saturated carbocycles. The monoisotopic (exact) mass is 348 g/mol. The van der Waals surface area contributed by atoms with Crippen molar-refractivity contribution < 1.29 is 57.8 Å². The van der Waals surface area contributed by atoms with Gasteiger partial charge in [0.25, 0.3) is 0 Å². The van der Waals surface area contributed by atoms with Gasteiger partial charge in [0.15, 0.2) is 0 Å². The molecule has 10 heavy (non-hydrogen) atoms. The van der Waals surface area contributed by atoms with Gasteiger partial charge in [0.05, 0.1) is 0 Å². The molecule has 0 nitrogen and oxygen atoms in total. The van der Waals surface area contributed by atoms with Crippen molar-refractivity contribution in [3.63, 3.8) is 0 Å². The number of rotatable bonds is 0. The first-order valence-corrected chi connectivity index (χ1v) is 0.567. The first-order chi connectivity index (χ1) is 1.73. The van der Waals surface area contributed by atoms with E-state index in [2.05, 4.69) is 0 Å². The molecular weight excluding hydrogens is 348 g/mol. The van der Waals surface area contributed by atoms with E-state index in [1.807, 2.05) is 0 Å². The fraction of sp³-hybridized carbons (Fsp3) is 0. The molecule has 0 rings (SSSR count). The van der Waals surface area contributed by atoms with E-state index in [0.29, 0.717) is 0 Å². The van der Waals surface area contributed by atoms with Crippen LogP contribution >= 0.6 is 0 Å². The maximum absolute atomic E-state index is 9.58. The summed E-state index contributed by atoms with van der Waals surface area (Å²) in [7, 11) is 0. The van der Waals surface area contributed by atoms with Crippen LogP contribution in [0.15, 0.2) is 0 Å². The predicted octanol–water partition coefficient (Wildman–Crippen LogP) is -13.6. The SMILES string of the molecule is F[C](F)F.[F-].[F-].[F-].[F-].[F-].[W]. The van der Waals surface area contributed by atoms with Crippen LogP contribution in [-0.4, -0.2) is 0 Å². The third-order valence-corrected chi connectivity index (χ3v) is 0. The summed E-state index contributed by atoms with van der Waals surface area (Å²) in [6.45, 7) is -3.08. The van der Waals surface area contributed by atoms with E-state index in [9.17, 15) is 13.2 Å². The summed E-state index contributed by atoms with van der Waals surface area (Å²) >= 11 is 0. The van der Waals surface area contributed by atoms with Gasteiger partial charge in [-0.25, -0.2) is 0 Å². The van der Waals surface area contributed by atoms with Gasteiger partial charge >= 0.3 is 6.68 Å². The summed E-state index contributed by atoms with van der Waals surface area (Å²) in [6, 6.07) is 0. The Morgan fingerprint density at radius 3 is 0.600 bits per heavy atom. The van der Waals surface area contributed by atoms with Crippen molar-refractivity contribution >= 4 is 0 Å². The molecule has 71 valence electrons. The van der Waals surface area contributed by atoms with E-state index in [0.717, 1.165) is 0 Å². The molecule has 0 unspecified atom stereocenters. The largest absolute Gasteiger partial charge is 1.00 e. The second-order valence-corrected chi connectivity index (χ2v) is 0.214. The molecule has 0 atom stereocenters. The van der Waals surface area contributed by atoms with Crippen LogP contribution in [0.1, 0.15) is 0 Å². The van der Waals surface area contributed by atoms with Crippen molar-refractivity contribution in [2.24, 2.45) is 0 Å². The maximum atomic E-state index is 9.58. The van der Waals surface area contributed by atoms with E-state index in [4.69, 9.17) is 0 Å². The molecule has 0 amide bonds. The Bertz CT molecular complexity index is 14.0. The van der Waals surface area contributed by atoms with E-state index in [-0.39, 0.29) is 44.6 Å². The summed E-state index contributed by atoms with van der Waals surface area (Å²) in [5.41, 5.74) is 0. The summed E-state index contributed by atoms with van der Waals surface area (Å²) in [6.07, 6.45) is 0. The molecule has 0 aromatic rings. The molecule has 0 aliphatic rings. The smallest absolute Gasteiger partial charge is 0.487 e. The first-order valence-electron chi connectivity index (χ1n) is 0.567. The van der Waals surface area contributed by atoms with Crippen LogP contribution in [0.25, 0.3) is 0 Å². The Balaban J connectivity index is -0.00000000300. The second-order valence-electron chi connectivity index (χ2n) is 0.214. The van der Waals surface area contributed by atoms with Crippen molar-refractivity contribution in [2.75, 3.05) is 0 Å². The third kappa shape index (κ3) is 25100. The molecule has 0 aliphatic carbocycles. The molecule has 0 aromatic heterocycles. The van der Waals surface area contributed by atoms with Crippen LogP contribution in [0.5, 0.6) is 0 Å². The third-order valence-electron chi connectivity index (χ3n) is 0. The average molecular weight is 348 g/mol. The van der Waals surface area contributed by atoms with Crippen molar-refractivity contribution in [3.05, 3.63) is 6.68 Å². The quantitative estimate of drug-likeness (QED) is 0.382. The molecule has 0 saturated heterocycles. The molecule has 0 aliphatic heterocycles. The van der Waals surface area contributed by atoms with E-state index in [1.165, 1.54) is 0 Å². The Kier molecular flexibility index (Phi) is 531. The minimum absolute atomic E-state index is 0.